The number of nitrogens with one attached hydrogen (secondary N) is 1. The van der Waals surface area contributed by atoms with Crippen molar-refractivity contribution in [2.75, 3.05) is 13.1 Å². The number of amides is 1. The fourth-order valence-electron chi connectivity index (χ4n) is 5.36. The molecule has 1 amide bonds. The lowest BCUT2D eigenvalue weighted by Crippen LogP contribution is -2.59. The molecule has 4 rings (SSSR count). The number of benzene rings is 1. The highest BCUT2D eigenvalue weighted by atomic mass is 19.4. The molecule has 1 aromatic rings. The topological polar surface area (TPSA) is 32.3 Å². The summed E-state index contributed by atoms with van der Waals surface area (Å²) >= 11 is 0. The van der Waals surface area contributed by atoms with E-state index in [2.05, 4.69) is 11.4 Å². The number of rotatable bonds is 5. The summed E-state index contributed by atoms with van der Waals surface area (Å²) in [4.78, 5) is 13.6. The Balaban J connectivity index is 1.51. The maximum Gasteiger partial charge on any atom is 0.471 e. The molecule has 1 N–H and O–H groups in total. The molecule has 1 aliphatic heterocycles. The molecule has 3 aliphatic rings. The smallest absolute Gasteiger partial charge is 0.328 e. The Morgan fingerprint density at radius 2 is 1.86 bits per heavy atom. The molecule has 2 aliphatic carbocycles. The van der Waals surface area contributed by atoms with E-state index in [0.29, 0.717) is 19.3 Å². The average Bonchev–Trinajstić information content (AvgIpc) is 3.46. The van der Waals surface area contributed by atoms with Gasteiger partial charge in [-0.1, -0.05) is 48.9 Å². The van der Waals surface area contributed by atoms with Crippen molar-refractivity contribution in [3.05, 3.63) is 41.5 Å². The number of halogens is 3. The number of nitrogens with zero attached hydrogens (tertiary/aromatic N) is 1. The zero-order valence-electron chi connectivity index (χ0n) is 16.8. The first kappa shape index (κ1) is 20.5. The van der Waals surface area contributed by atoms with Gasteiger partial charge < -0.3 is 10.2 Å². The van der Waals surface area contributed by atoms with Gasteiger partial charge >= 0.3 is 12.1 Å². The van der Waals surface area contributed by atoms with Crippen LogP contribution in [0.4, 0.5) is 13.2 Å². The Morgan fingerprint density at radius 1 is 1.21 bits per heavy atom. The van der Waals surface area contributed by atoms with Crippen LogP contribution in [-0.2, 0) is 4.79 Å². The molecule has 3 nitrogen and oxygen atoms in total. The fraction of sp³-hybridized carbons (Fsp3) is 0.609. The van der Waals surface area contributed by atoms with Gasteiger partial charge in [-0.15, -0.1) is 0 Å². The molecule has 0 aromatic heterocycles. The molecule has 0 bridgehead atoms. The summed E-state index contributed by atoms with van der Waals surface area (Å²) in [5.41, 5.74) is 2.33. The van der Waals surface area contributed by atoms with Crippen LogP contribution in [0, 0.1) is 11.3 Å². The molecule has 158 valence electrons. The molecule has 0 unspecified atom stereocenters. The number of carbonyl (C=O) groups is 1. The maximum absolute atomic E-state index is 13.4. The minimum atomic E-state index is -4.81. The van der Waals surface area contributed by atoms with Gasteiger partial charge in [0, 0.05) is 18.0 Å². The van der Waals surface area contributed by atoms with Crippen molar-refractivity contribution in [2.45, 2.75) is 63.7 Å². The van der Waals surface area contributed by atoms with Crippen LogP contribution in [0.3, 0.4) is 0 Å². The lowest BCUT2D eigenvalue weighted by atomic mass is 9.60. The largest absolute Gasteiger partial charge is 0.471 e. The second kappa shape index (κ2) is 7.78. The van der Waals surface area contributed by atoms with Crippen LogP contribution in [0.1, 0.15) is 51.0 Å². The lowest BCUT2D eigenvalue weighted by Gasteiger charge is -2.54. The number of hydrogen-bond acceptors (Lipinski definition) is 2. The first-order valence-corrected chi connectivity index (χ1v) is 10.7. The second-order valence-electron chi connectivity index (χ2n) is 8.92. The third kappa shape index (κ3) is 4.23. The van der Waals surface area contributed by atoms with Gasteiger partial charge in [-0.3, -0.25) is 4.79 Å². The Bertz CT molecular complexity index is 760. The number of alkyl halides is 3. The van der Waals surface area contributed by atoms with Gasteiger partial charge in [0.25, 0.3) is 0 Å². The predicted molar refractivity (Wildman–Crippen MR) is 107 cm³/mol. The van der Waals surface area contributed by atoms with E-state index in [0.717, 1.165) is 43.5 Å². The molecule has 6 heteroatoms. The van der Waals surface area contributed by atoms with Gasteiger partial charge in [-0.25, -0.2) is 0 Å². The van der Waals surface area contributed by atoms with Gasteiger partial charge in [0.2, 0.25) is 0 Å². The lowest BCUT2D eigenvalue weighted by molar-refractivity contribution is -0.193. The highest BCUT2D eigenvalue weighted by Crippen LogP contribution is 2.54. The van der Waals surface area contributed by atoms with Crippen molar-refractivity contribution in [3.8, 4) is 0 Å². The van der Waals surface area contributed by atoms with Gasteiger partial charge in [-0.2, -0.15) is 13.2 Å². The van der Waals surface area contributed by atoms with Gasteiger partial charge in [0.1, 0.15) is 0 Å². The Morgan fingerprint density at radius 3 is 2.45 bits per heavy atom. The van der Waals surface area contributed by atoms with Crippen LogP contribution in [0.25, 0.3) is 6.08 Å². The van der Waals surface area contributed by atoms with Crippen LogP contribution in [0.2, 0.25) is 0 Å². The van der Waals surface area contributed by atoms with Gasteiger partial charge in [0.15, 0.2) is 0 Å². The normalized spacial score (nSPS) is 26.8. The summed E-state index contributed by atoms with van der Waals surface area (Å²) in [5.74, 6) is -1.61. The quantitative estimate of drug-likeness (QED) is 0.762. The standard InChI is InChI=1S/C23H29F3N2O/c1-2-17(12-16-6-4-3-5-7-16)19-13-20(19)28(21(29)23(24,25)26)18-14-22(15-18)8-10-27-11-9-22/h3-7,12,18-20,27H,2,8-11,13-15H2,1H3/t19-,20+/m0/s1. The van der Waals surface area contributed by atoms with Crippen molar-refractivity contribution in [1.82, 2.24) is 10.2 Å². The highest BCUT2D eigenvalue weighted by molar-refractivity contribution is 5.83. The van der Waals surface area contributed by atoms with Crippen molar-refractivity contribution in [3.63, 3.8) is 0 Å². The van der Waals surface area contributed by atoms with E-state index in [1.54, 1.807) is 0 Å². The third-order valence-electron chi connectivity index (χ3n) is 7.02. The molecule has 29 heavy (non-hydrogen) atoms. The van der Waals surface area contributed by atoms with Crippen LogP contribution in [-0.4, -0.2) is 42.2 Å². The molecule has 3 fully saturated rings. The maximum atomic E-state index is 13.4. The molecule has 2 atom stereocenters. The monoisotopic (exact) mass is 406 g/mol. The summed E-state index contributed by atoms with van der Waals surface area (Å²) in [6, 6.07) is 9.26. The Kier molecular flexibility index (Phi) is 5.49. The Labute approximate surface area is 170 Å². The summed E-state index contributed by atoms with van der Waals surface area (Å²) in [6.45, 7) is 3.88. The summed E-state index contributed by atoms with van der Waals surface area (Å²) in [5, 5.41) is 3.32. The minimum absolute atomic E-state index is 0.0380. The predicted octanol–water partition coefficient (Wildman–Crippen LogP) is 4.79. The average molecular weight is 406 g/mol. The van der Waals surface area contributed by atoms with Crippen LogP contribution in [0.15, 0.2) is 35.9 Å². The van der Waals surface area contributed by atoms with E-state index in [1.807, 2.05) is 37.3 Å². The Hall–Kier alpha value is -1.82. The fourth-order valence-corrected chi connectivity index (χ4v) is 5.36. The van der Waals surface area contributed by atoms with Crippen molar-refractivity contribution in [2.24, 2.45) is 11.3 Å². The molecular weight excluding hydrogens is 377 g/mol. The molecule has 1 aromatic carbocycles. The van der Waals surface area contributed by atoms with E-state index >= 15 is 0 Å². The van der Waals surface area contributed by atoms with E-state index in [9.17, 15) is 18.0 Å². The van der Waals surface area contributed by atoms with Crippen molar-refractivity contribution in [1.29, 1.82) is 0 Å². The first-order valence-electron chi connectivity index (χ1n) is 10.7. The number of hydrogen-bond donors (Lipinski definition) is 1. The molecule has 1 heterocycles. The molecule has 0 radical (unpaired) electrons. The molecule has 1 spiro atoms. The van der Waals surface area contributed by atoms with E-state index in [1.165, 1.54) is 4.90 Å². The molecule has 2 saturated carbocycles. The second-order valence-corrected chi connectivity index (χ2v) is 8.92. The zero-order valence-corrected chi connectivity index (χ0v) is 16.8. The zero-order chi connectivity index (χ0) is 20.6. The first-order chi connectivity index (χ1) is 13.8. The van der Waals surface area contributed by atoms with E-state index in [-0.39, 0.29) is 23.4 Å². The van der Waals surface area contributed by atoms with Crippen LogP contribution in [0.5, 0.6) is 0 Å². The number of carbonyl (C=O) groups excluding carboxylic acids is 1. The van der Waals surface area contributed by atoms with Crippen molar-refractivity contribution < 1.29 is 18.0 Å². The van der Waals surface area contributed by atoms with Crippen LogP contribution < -0.4 is 5.32 Å². The summed E-state index contributed by atoms with van der Waals surface area (Å²) in [7, 11) is 0. The van der Waals surface area contributed by atoms with Crippen LogP contribution >= 0.6 is 0 Å². The van der Waals surface area contributed by atoms with Crippen molar-refractivity contribution >= 4 is 12.0 Å². The summed E-state index contributed by atoms with van der Waals surface area (Å²) < 4.78 is 40.1. The van der Waals surface area contributed by atoms with E-state index in [4.69, 9.17) is 0 Å². The minimum Gasteiger partial charge on any atom is -0.328 e. The molecular formula is C23H29F3N2O. The van der Waals surface area contributed by atoms with Gasteiger partial charge in [-0.05, 0) is 62.6 Å². The highest BCUT2D eigenvalue weighted by Gasteiger charge is 2.58. The SMILES string of the molecule is CCC(=Cc1ccccc1)[C@@H]1C[C@H]1N(C(=O)C(F)(F)F)C1CC2(CCNCC2)C1. The van der Waals surface area contributed by atoms with E-state index < -0.39 is 12.1 Å². The third-order valence-corrected chi connectivity index (χ3v) is 7.02. The number of piperidine rings is 1. The molecule has 1 saturated heterocycles. The van der Waals surface area contributed by atoms with Gasteiger partial charge in [0.05, 0.1) is 0 Å². The summed E-state index contributed by atoms with van der Waals surface area (Å²) in [6.07, 6.45) is 2.12.